The lowest BCUT2D eigenvalue weighted by Gasteiger charge is -2.07. The highest BCUT2D eigenvalue weighted by Gasteiger charge is 2.11. The minimum Gasteiger partial charge on any atom is -0.507 e. The molecule has 0 aliphatic heterocycles. The van der Waals surface area contributed by atoms with Gasteiger partial charge in [-0.3, -0.25) is 9.78 Å². The van der Waals surface area contributed by atoms with Crippen LogP contribution in [0.3, 0.4) is 0 Å². The van der Waals surface area contributed by atoms with Crippen LogP contribution < -0.4 is 5.32 Å². The zero-order chi connectivity index (χ0) is 15.2. The average molecular weight is 286 g/mol. The van der Waals surface area contributed by atoms with Crippen molar-refractivity contribution in [1.29, 1.82) is 0 Å². The summed E-state index contributed by atoms with van der Waals surface area (Å²) in [6.45, 7) is 0. The normalized spacial score (nSPS) is 10.1. The average Bonchev–Trinajstić information content (AvgIpc) is 2.48. The lowest BCUT2D eigenvalue weighted by molar-refractivity contribution is -0.116. The number of hydrogen-bond acceptors (Lipinski definition) is 4. The summed E-state index contributed by atoms with van der Waals surface area (Å²) in [7, 11) is 0. The first kappa shape index (κ1) is 14.5. The van der Waals surface area contributed by atoms with Crippen molar-refractivity contribution in [3.8, 4) is 5.75 Å². The fourth-order valence-electron chi connectivity index (χ4n) is 1.80. The van der Waals surface area contributed by atoms with Gasteiger partial charge in [0.15, 0.2) is 0 Å². The highest BCUT2D eigenvalue weighted by molar-refractivity contribution is 5.95. The highest BCUT2D eigenvalue weighted by Crippen LogP contribution is 2.21. The number of nitrogens with one attached hydrogen (secondary N) is 1. The number of rotatable bonds is 5. The van der Waals surface area contributed by atoms with Gasteiger partial charge in [-0.2, -0.15) is 0 Å². The number of carbonyl (C=O) groups excluding carboxylic acids is 1. The largest absolute Gasteiger partial charge is 0.507 e. The molecule has 3 N–H and O–H groups in total. The van der Waals surface area contributed by atoms with Crippen LogP contribution in [0.5, 0.6) is 5.75 Å². The Balaban J connectivity index is 1.97. The van der Waals surface area contributed by atoms with E-state index in [0.717, 1.165) is 5.69 Å². The van der Waals surface area contributed by atoms with Crippen molar-refractivity contribution in [1.82, 2.24) is 4.98 Å². The van der Waals surface area contributed by atoms with Crippen LogP contribution in [-0.4, -0.2) is 27.1 Å². The molecule has 0 saturated carbocycles. The van der Waals surface area contributed by atoms with Crippen molar-refractivity contribution >= 4 is 17.6 Å². The quantitative estimate of drug-likeness (QED) is 0.730. The van der Waals surface area contributed by atoms with Gasteiger partial charge in [-0.25, -0.2) is 4.79 Å². The molecule has 0 radical (unpaired) electrons. The number of carboxylic acid groups (broad SMARTS) is 1. The number of phenols is 1. The van der Waals surface area contributed by atoms with E-state index < -0.39 is 5.97 Å². The number of anilines is 1. The maximum atomic E-state index is 11.8. The van der Waals surface area contributed by atoms with Crippen LogP contribution in [0.1, 0.15) is 22.5 Å². The first-order valence-electron chi connectivity index (χ1n) is 6.32. The number of aromatic nitrogens is 1. The molecular formula is C15H14N2O4. The Labute approximate surface area is 121 Å². The SMILES string of the molecule is O=C(CCc1ccccn1)Nc1ccc(O)c(C(=O)O)c1. The van der Waals surface area contributed by atoms with Gasteiger partial charge in [-0.1, -0.05) is 6.07 Å². The van der Waals surface area contributed by atoms with Crippen molar-refractivity contribution in [2.24, 2.45) is 0 Å². The Kier molecular flexibility index (Phi) is 4.50. The van der Waals surface area contributed by atoms with E-state index >= 15 is 0 Å². The standard InChI is InChI=1S/C15H14N2O4/c18-13-6-4-11(9-12(13)15(20)21)17-14(19)7-5-10-3-1-2-8-16-10/h1-4,6,8-9,18H,5,7H2,(H,17,19)(H,20,21). The topological polar surface area (TPSA) is 99.5 Å². The van der Waals surface area contributed by atoms with Crippen LogP contribution in [-0.2, 0) is 11.2 Å². The van der Waals surface area contributed by atoms with Crippen molar-refractivity contribution in [2.45, 2.75) is 12.8 Å². The number of aromatic hydroxyl groups is 1. The molecule has 2 rings (SSSR count). The van der Waals surface area contributed by atoms with Gasteiger partial charge >= 0.3 is 5.97 Å². The zero-order valence-corrected chi connectivity index (χ0v) is 11.1. The molecule has 1 aromatic carbocycles. The van der Waals surface area contributed by atoms with Crippen LogP contribution in [0.2, 0.25) is 0 Å². The summed E-state index contributed by atoms with van der Waals surface area (Å²) < 4.78 is 0. The minimum atomic E-state index is -1.25. The Morgan fingerprint density at radius 3 is 2.67 bits per heavy atom. The molecule has 0 aliphatic rings. The molecule has 0 bridgehead atoms. The molecule has 0 aliphatic carbocycles. The van der Waals surface area contributed by atoms with E-state index in [1.54, 1.807) is 12.3 Å². The molecular weight excluding hydrogens is 272 g/mol. The van der Waals surface area contributed by atoms with Gasteiger partial charge < -0.3 is 15.5 Å². The van der Waals surface area contributed by atoms with Crippen LogP contribution in [0.15, 0.2) is 42.6 Å². The number of hydrogen-bond donors (Lipinski definition) is 3. The summed E-state index contributed by atoms with van der Waals surface area (Å²) in [4.78, 5) is 26.8. The van der Waals surface area contributed by atoms with Gasteiger partial charge in [0.1, 0.15) is 11.3 Å². The Morgan fingerprint density at radius 2 is 2.00 bits per heavy atom. The molecule has 1 amide bonds. The first-order chi connectivity index (χ1) is 10.1. The molecule has 6 nitrogen and oxygen atoms in total. The number of aryl methyl sites for hydroxylation is 1. The minimum absolute atomic E-state index is 0.236. The molecule has 2 aromatic rings. The molecule has 21 heavy (non-hydrogen) atoms. The molecule has 0 atom stereocenters. The predicted octanol–water partition coefficient (Wildman–Crippen LogP) is 2.06. The third kappa shape index (κ3) is 4.04. The van der Waals surface area contributed by atoms with E-state index in [4.69, 9.17) is 5.11 Å². The predicted molar refractivity (Wildman–Crippen MR) is 76.3 cm³/mol. The van der Waals surface area contributed by atoms with E-state index in [2.05, 4.69) is 10.3 Å². The fraction of sp³-hybridized carbons (Fsp3) is 0.133. The summed E-state index contributed by atoms with van der Waals surface area (Å²) in [6, 6.07) is 9.37. The van der Waals surface area contributed by atoms with Gasteiger partial charge in [0.05, 0.1) is 0 Å². The summed E-state index contributed by atoms with van der Waals surface area (Å²) >= 11 is 0. The van der Waals surface area contributed by atoms with E-state index in [1.807, 2.05) is 12.1 Å². The molecule has 0 fully saturated rings. The van der Waals surface area contributed by atoms with Crippen molar-refractivity contribution in [3.63, 3.8) is 0 Å². The first-order valence-corrected chi connectivity index (χ1v) is 6.32. The molecule has 0 saturated heterocycles. The molecule has 6 heteroatoms. The maximum absolute atomic E-state index is 11.8. The number of nitrogens with zero attached hydrogens (tertiary/aromatic N) is 1. The molecule has 0 unspecified atom stereocenters. The number of carbonyl (C=O) groups is 2. The second kappa shape index (κ2) is 6.51. The molecule has 108 valence electrons. The third-order valence-corrected chi connectivity index (χ3v) is 2.85. The second-order valence-corrected chi connectivity index (χ2v) is 4.41. The number of amides is 1. The maximum Gasteiger partial charge on any atom is 0.339 e. The summed E-state index contributed by atoms with van der Waals surface area (Å²) in [5.41, 5.74) is 0.887. The number of carboxylic acids is 1. The van der Waals surface area contributed by atoms with E-state index in [-0.39, 0.29) is 23.6 Å². The van der Waals surface area contributed by atoms with E-state index in [0.29, 0.717) is 12.1 Å². The molecule has 1 heterocycles. The van der Waals surface area contributed by atoms with Crippen LogP contribution >= 0.6 is 0 Å². The van der Waals surface area contributed by atoms with Crippen LogP contribution in [0.25, 0.3) is 0 Å². The van der Waals surface area contributed by atoms with Crippen LogP contribution in [0, 0.1) is 0 Å². The Morgan fingerprint density at radius 1 is 1.19 bits per heavy atom. The van der Waals surface area contributed by atoms with Gasteiger partial charge in [0, 0.05) is 24.0 Å². The summed E-state index contributed by atoms with van der Waals surface area (Å²) in [5.74, 6) is -1.84. The van der Waals surface area contributed by atoms with Crippen LogP contribution in [0.4, 0.5) is 5.69 Å². The highest BCUT2D eigenvalue weighted by atomic mass is 16.4. The molecule has 1 aromatic heterocycles. The lowest BCUT2D eigenvalue weighted by atomic mass is 10.1. The smallest absolute Gasteiger partial charge is 0.339 e. The van der Waals surface area contributed by atoms with E-state index in [9.17, 15) is 14.7 Å². The lowest BCUT2D eigenvalue weighted by Crippen LogP contribution is -2.13. The summed E-state index contributed by atoms with van der Waals surface area (Å²) in [5, 5.41) is 20.9. The van der Waals surface area contributed by atoms with Gasteiger partial charge in [0.2, 0.25) is 5.91 Å². The second-order valence-electron chi connectivity index (χ2n) is 4.41. The van der Waals surface area contributed by atoms with Gasteiger partial charge in [-0.05, 0) is 36.8 Å². The Hall–Kier alpha value is -2.89. The number of pyridine rings is 1. The van der Waals surface area contributed by atoms with E-state index in [1.165, 1.54) is 18.2 Å². The molecule has 0 spiro atoms. The fourth-order valence-corrected chi connectivity index (χ4v) is 1.80. The summed E-state index contributed by atoms with van der Waals surface area (Å²) in [6.07, 6.45) is 2.39. The van der Waals surface area contributed by atoms with Crippen molar-refractivity contribution < 1.29 is 19.8 Å². The monoisotopic (exact) mass is 286 g/mol. The number of aromatic carboxylic acids is 1. The Bertz CT molecular complexity index is 656. The van der Waals surface area contributed by atoms with Gasteiger partial charge in [-0.15, -0.1) is 0 Å². The third-order valence-electron chi connectivity index (χ3n) is 2.85. The van der Waals surface area contributed by atoms with Gasteiger partial charge in [0.25, 0.3) is 0 Å². The van der Waals surface area contributed by atoms with Crippen molar-refractivity contribution in [2.75, 3.05) is 5.32 Å². The number of benzene rings is 1. The zero-order valence-electron chi connectivity index (χ0n) is 11.1. The van der Waals surface area contributed by atoms with Crippen molar-refractivity contribution in [3.05, 3.63) is 53.9 Å².